The maximum atomic E-state index is 13.3. The van der Waals surface area contributed by atoms with Gasteiger partial charge in [0.2, 0.25) is 0 Å². The summed E-state index contributed by atoms with van der Waals surface area (Å²) >= 11 is 5.28. The van der Waals surface area contributed by atoms with Crippen molar-refractivity contribution in [2.75, 3.05) is 6.61 Å². The van der Waals surface area contributed by atoms with Crippen molar-refractivity contribution in [2.24, 2.45) is 0 Å². The van der Waals surface area contributed by atoms with E-state index in [-0.39, 0.29) is 18.1 Å². The number of benzene rings is 1. The normalized spacial score (nSPS) is 10.6. The van der Waals surface area contributed by atoms with Crippen molar-refractivity contribution in [3.63, 3.8) is 0 Å². The number of Topliss-reactive ketones (excluding diaryl/α,β-unsaturated/α-hetero) is 1. The molecule has 1 aromatic rings. The molecule has 0 fully saturated rings. The summed E-state index contributed by atoms with van der Waals surface area (Å²) < 4.78 is 18.4. The van der Waals surface area contributed by atoms with E-state index in [4.69, 9.17) is 16.3 Å². The Labute approximate surface area is 92.3 Å². The van der Waals surface area contributed by atoms with Crippen LogP contribution >= 0.6 is 11.6 Å². The van der Waals surface area contributed by atoms with Crippen molar-refractivity contribution in [3.05, 3.63) is 41.2 Å². The fourth-order valence-corrected chi connectivity index (χ4v) is 1.08. The molecule has 0 aliphatic carbocycles. The lowest BCUT2D eigenvalue weighted by Gasteiger charge is -2.05. The van der Waals surface area contributed by atoms with Gasteiger partial charge in [-0.1, -0.05) is 11.6 Å². The Balaban J connectivity index is 2.79. The highest BCUT2D eigenvalue weighted by molar-refractivity contribution is 6.25. The van der Waals surface area contributed by atoms with Crippen molar-refractivity contribution >= 4 is 17.4 Å². The molecular weight excluding hydrogens is 219 g/mol. The summed E-state index contributed by atoms with van der Waals surface area (Å²) in [5.41, 5.74) is 1.62. The predicted molar refractivity (Wildman–Crippen MR) is 56.9 cm³/mol. The smallest absolute Gasteiger partial charge is 0.165 e. The second-order valence-electron chi connectivity index (χ2n) is 2.87. The summed E-state index contributed by atoms with van der Waals surface area (Å²) in [5, 5.41) is 0. The second-order valence-corrected chi connectivity index (χ2v) is 3.13. The maximum absolute atomic E-state index is 13.3. The summed E-state index contributed by atoms with van der Waals surface area (Å²) in [7, 11) is 0. The van der Waals surface area contributed by atoms with Gasteiger partial charge in [0.05, 0.1) is 0 Å². The minimum absolute atomic E-state index is 0.106. The highest BCUT2D eigenvalue weighted by Gasteiger charge is 2.06. The predicted octanol–water partition coefficient (Wildman–Crippen LogP) is 3.16. The van der Waals surface area contributed by atoms with Gasteiger partial charge in [-0.25, -0.2) is 4.39 Å². The van der Waals surface area contributed by atoms with Crippen LogP contribution in [0.5, 0.6) is 5.75 Å². The van der Waals surface area contributed by atoms with Crippen molar-refractivity contribution in [3.8, 4) is 5.75 Å². The van der Waals surface area contributed by atoms with Crippen LogP contribution in [-0.2, 0) is 0 Å². The molecule has 0 radical (unpaired) electrons. The molecule has 4 heteroatoms. The van der Waals surface area contributed by atoms with Gasteiger partial charge in [-0.3, -0.25) is 4.79 Å². The van der Waals surface area contributed by atoms with Gasteiger partial charge >= 0.3 is 0 Å². The average Bonchev–Trinajstić information content (AvgIpc) is 2.20. The van der Waals surface area contributed by atoms with Gasteiger partial charge in [-0.15, -0.1) is 0 Å². The first-order chi connectivity index (χ1) is 7.15. The average molecular weight is 229 g/mol. The molecule has 0 spiro atoms. The molecule has 0 bridgehead atoms. The number of ketones is 1. The number of rotatable bonds is 4. The van der Waals surface area contributed by atoms with E-state index < -0.39 is 5.82 Å². The van der Waals surface area contributed by atoms with Gasteiger partial charge in [-0.05, 0) is 31.2 Å². The van der Waals surface area contributed by atoms with E-state index in [2.05, 4.69) is 0 Å². The number of carbonyl (C=O) groups is 1. The van der Waals surface area contributed by atoms with Crippen LogP contribution in [0.4, 0.5) is 4.39 Å². The molecule has 1 rings (SSSR count). The third-order valence-corrected chi connectivity index (χ3v) is 1.94. The fraction of sp³-hybridized carbons (Fsp3) is 0.182. The zero-order valence-corrected chi connectivity index (χ0v) is 8.92. The minimum Gasteiger partial charge on any atom is -0.486 e. The van der Waals surface area contributed by atoms with Crippen molar-refractivity contribution in [2.45, 2.75) is 6.92 Å². The van der Waals surface area contributed by atoms with Crippen LogP contribution in [0.25, 0.3) is 0 Å². The standard InChI is InChI=1S/C11H10ClFO2/c1-8(14)9-3-4-11(10(13)7-9)15-6-2-5-12/h2-5,7H,6H2,1H3/b5-2+. The summed E-state index contributed by atoms with van der Waals surface area (Å²) in [6.45, 7) is 1.57. The van der Waals surface area contributed by atoms with Gasteiger partial charge < -0.3 is 4.74 Å². The Morgan fingerprint density at radius 1 is 1.60 bits per heavy atom. The summed E-state index contributed by atoms with van der Waals surface area (Å²) in [6, 6.07) is 4.10. The molecule has 0 atom stereocenters. The van der Waals surface area contributed by atoms with Crippen LogP contribution in [0.15, 0.2) is 29.8 Å². The number of halogens is 2. The van der Waals surface area contributed by atoms with E-state index in [1.54, 1.807) is 6.08 Å². The van der Waals surface area contributed by atoms with Crippen LogP contribution in [-0.4, -0.2) is 12.4 Å². The SMILES string of the molecule is CC(=O)c1ccc(OC/C=C/Cl)c(F)c1. The third-order valence-electron chi connectivity index (χ3n) is 1.76. The van der Waals surface area contributed by atoms with Crippen LogP contribution in [0.1, 0.15) is 17.3 Å². The number of carbonyl (C=O) groups excluding carboxylic acids is 1. The first-order valence-corrected chi connectivity index (χ1v) is 4.77. The molecule has 15 heavy (non-hydrogen) atoms. The molecule has 0 N–H and O–H groups in total. The molecule has 0 aliphatic rings. The van der Waals surface area contributed by atoms with E-state index in [9.17, 15) is 9.18 Å². The summed E-state index contributed by atoms with van der Waals surface area (Å²) in [4.78, 5) is 10.9. The highest BCUT2D eigenvalue weighted by Crippen LogP contribution is 2.18. The lowest BCUT2D eigenvalue weighted by molar-refractivity contribution is 0.101. The lowest BCUT2D eigenvalue weighted by Crippen LogP contribution is -1.98. The lowest BCUT2D eigenvalue weighted by atomic mass is 10.1. The number of hydrogen-bond acceptors (Lipinski definition) is 2. The monoisotopic (exact) mass is 228 g/mol. The van der Waals surface area contributed by atoms with E-state index >= 15 is 0 Å². The first kappa shape index (κ1) is 11.7. The number of hydrogen-bond donors (Lipinski definition) is 0. The molecule has 0 saturated heterocycles. The van der Waals surface area contributed by atoms with Gasteiger partial charge in [0.25, 0.3) is 0 Å². The van der Waals surface area contributed by atoms with E-state index in [0.29, 0.717) is 5.56 Å². The zero-order valence-electron chi connectivity index (χ0n) is 8.17. The molecule has 80 valence electrons. The maximum Gasteiger partial charge on any atom is 0.165 e. The molecular formula is C11H10ClFO2. The molecule has 0 amide bonds. The molecule has 2 nitrogen and oxygen atoms in total. The van der Waals surface area contributed by atoms with E-state index in [0.717, 1.165) is 6.07 Å². The second kappa shape index (κ2) is 5.51. The Morgan fingerprint density at radius 3 is 2.87 bits per heavy atom. The van der Waals surface area contributed by atoms with Gasteiger partial charge in [0.1, 0.15) is 6.61 Å². The van der Waals surface area contributed by atoms with Crippen LogP contribution in [0.2, 0.25) is 0 Å². The van der Waals surface area contributed by atoms with E-state index in [1.807, 2.05) is 0 Å². The quantitative estimate of drug-likeness (QED) is 0.740. The third kappa shape index (κ3) is 3.36. The molecule has 0 heterocycles. The minimum atomic E-state index is -0.550. The molecule has 0 saturated carbocycles. The Morgan fingerprint density at radius 2 is 2.33 bits per heavy atom. The van der Waals surface area contributed by atoms with Crippen molar-refractivity contribution in [1.82, 2.24) is 0 Å². The fourth-order valence-electron chi connectivity index (χ4n) is 1.01. The van der Waals surface area contributed by atoms with Gasteiger partial charge in [0, 0.05) is 11.1 Å². The highest BCUT2D eigenvalue weighted by atomic mass is 35.5. The first-order valence-electron chi connectivity index (χ1n) is 4.33. The Kier molecular flexibility index (Phi) is 4.31. The Bertz CT molecular complexity index is 388. The molecule has 0 aromatic heterocycles. The zero-order chi connectivity index (χ0) is 11.3. The van der Waals surface area contributed by atoms with Crippen molar-refractivity contribution < 1.29 is 13.9 Å². The van der Waals surface area contributed by atoms with Gasteiger partial charge in [-0.2, -0.15) is 0 Å². The van der Waals surface area contributed by atoms with Crippen molar-refractivity contribution in [1.29, 1.82) is 0 Å². The summed E-state index contributed by atoms with van der Waals surface area (Å²) in [5.74, 6) is -0.624. The van der Waals surface area contributed by atoms with Crippen LogP contribution < -0.4 is 4.74 Å². The topological polar surface area (TPSA) is 26.3 Å². The van der Waals surface area contributed by atoms with Crippen LogP contribution in [0, 0.1) is 5.82 Å². The molecule has 1 aromatic carbocycles. The number of ether oxygens (including phenoxy) is 1. The van der Waals surface area contributed by atoms with Crippen LogP contribution in [0.3, 0.4) is 0 Å². The molecule has 0 unspecified atom stereocenters. The summed E-state index contributed by atoms with van der Waals surface area (Å²) in [6.07, 6.45) is 1.54. The Hall–Kier alpha value is -1.35. The largest absolute Gasteiger partial charge is 0.486 e. The van der Waals surface area contributed by atoms with E-state index in [1.165, 1.54) is 24.6 Å². The van der Waals surface area contributed by atoms with Gasteiger partial charge in [0.15, 0.2) is 17.3 Å². The molecule has 0 aliphatic heterocycles.